The maximum absolute atomic E-state index is 2.38. The van der Waals surface area contributed by atoms with Crippen LogP contribution in [0.4, 0.5) is 17.1 Å². The second-order valence-corrected chi connectivity index (χ2v) is 11.7. The summed E-state index contributed by atoms with van der Waals surface area (Å²) in [6.45, 7) is 0. The molecule has 43 heavy (non-hydrogen) atoms. The zero-order valence-electron chi connectivity index (χ0n) is 24.2. The lowest BCUT2D eigenvalue weighted by Crippen LogP contribution is -2.10. The van der Waals surface area contributed by atoms with Gasteiger partial charge in [0, 0.05) is 17.1 Å². The van der Waals surface area contributed by atoms with E-state index in [2.05, 4.69) is 157 Å². The van der Waals surface area contributed by atoms with Crippen molar-refractivity contribution in [3.63, 3.8) is 0 Å². The van der Waals surface area contributed by atoms with Crippen LogP contribution < -0.4 is 4.90 Å². The highest BCUT2D eigenvalue weighted by Gasteiger charge is 2.17. The fourth-order valence-corrected chi connectivity index (χ4v) is 6.73. The third-order valence-corrected chi connectivity index (χ3v) is 9.08. The summed E-state index contributed by atoms with van der Waals surface area (Å²) in [5.41, 5.74) is 14.5. The van der Waals surface area contributed by atoms with Crippen molar-refractivity contribution in [2.24, 2.45) is 0 Å². The highest BCUT2D eigenvalue weighted by molar-refractivity contribution is 5.91. The van der Waals surface area contributed by atoms with Crippen molar-refractivity contribution >= 4 is 51.1 Å². The second-order valence-electron chi connectivity index (χ2n) is 11.7. The van der Waals surface area contributed by atoms with E-state index in [0.717, 1.165) is 42.7 Å². The zero-order chi connectivity index (χ0) is 28.6. The summed E-state index contributed by atoms with van der Waals surface area (Å²) in [6, 6.07) is 51.2. The Morgan fingerprint density at radius 1 is 0.372 bits per heavy atom. The Balaban J connectivity index is 1.16. The molecular formula is C42H33N. The molecule has 0 radical (unpaired) electrons. The molecule has 0 aromatic heterocycles. The van der Waals surface area contributed by atoms with Gasteiger partial charge in [-0.05, 0) is 117 Å². The van der Waals surface area contributed by atoms with Gasteiger partial charge in [0.25, 0.3) is 0 Å². The molecule has 0 spiro atoms. The van der Waals surface area contributed by atoms with E-state index in [9.17, 15) is 0 Å². The summed E-state index contributed by atoms with van der Waals surface area (Å²) in [7, 11) is 0. The molecule has 0 N–H and O–H groups in total. The monoisotopic (exact) mass is 551 g/mol. The highest BCUT2D eigenvalue weighted by atomic mass is 15.1. The van der Waals surface area contributed by atoms with E-state index in [1.54, 1.807) is 0 Å². The maximum Gasteiger partial charge on any atom is 0.0468 e. The van der Waals surface area contributed by atoms with Gasteiger partial charge in [-0.3, -0.25) is 0 Å². The van der Waals surface area contributed by atoms with Gasteiger partial charge in [0.15, 0.2) is 0 Å². The molecule has 0 atom stereocenters. The lowest BCUT2D eigenvalue weighted by atomic mass is 9.88. The summed E-state index contributed by atoms with van der Waals surface area (Å²) >= 11 is 0. The van der Waals surface area contributed by atoms with Crippen LogP contribution in [0.2, 0.25) is 0 Å². The van der Waals surface area contributed by atoms with Crippen molar-refractivity contribution in [3.8, 4) is 0 Å². The SMILES string of the molecule is C1=C(c2ccc(N(c3ccc(C4=Cc5ccccc5CC4)cc3)c3ccc4ccccc4c3)cc2)CCc2ccccc21. The minimum absolute atomic E-state index is 1.08. The molecule has 0 saturated carbocycles. The molecule has 206 valence electrons. The first-order valence-electron chi connectivity index (χ1n) is 15.4. The number of aryl methyl sites for hydroxylation is 2. The zero-order valence-corrected chi connectivity index (χ0v) is 24.2. The van der Waals surface area contributed by atoms with Crippen LogP contribution >= 0.6 is 0 Å². The van der Waals surface area contributed by atoms with Gasteiger partial charge < -0.3 is 4.90 Å². The molecule has 8 rings (SSSR count). The molecule has 1 heteroatoms. The number of benzene rings is 6. The maximum atomic E-state index is 2.38. The smallest absolute Gasteiger partial charge is 0.0468 e. The molecule has 0 bridgehead atoms. The molecule has 0 fully saturated rings. The first-order valence-corrected chi connectivity index (χ1v) is 15.4. The Labute approximate surface area is 254 Å². The van der Waals surface area contributed by atoms with E-state index >= 15 is 0 Å². The van der Waals surface area contributed by atoms with Crippen LogP contribution in [0.25, 0.3) is 34.1 Å². The van der Waals surface area contributed by atoms with Crippen molar-refractivity contribution in [1.29, 1.82) is 0 Å². The predicted octanol–water partition coefficient (Wildman–Crippen LogP) is 11.3. The van der Waals surface area contributed by atoms with Gasteiger partial charge in [0.1, 0.15) is 0 Å². The number of nitrogens with zero attached hydrogens (tertiary/aromatic N) is 1. The Kier molecular flexibility index (Phi) is 6.50. The quantitative estimate of drug-likeness (QED) is 0.206. The van der Waals surface area contributed by atoms with Crippen LogP contribution in [-0.4, -0.2) is 0 Å². The minimum Gasteiger partial charge on any atom is -0.310 e. The molecule has 1 nitrogen and oxygen atoms in total. The molecule has 0 heterocycles. The van der Waals surface area contributed by atoms with Gasteiger partial charge >= 0.3 is 0 Å². The average molecular weight is 552 g/mol. The molecule has 0 unspecified atom stereocenters. The molecule has 6 aromatic rings. The van der Waals surface area contributed by atoms with Crippen LogP contribution in [0.5, 0.6) is 0 Å². The van der Waals surface area contributed by atoms with Gasteiger partial charge in [-0.25, -0.2) is 0 Å². The van der Waals surface area contributed by atoms with Crippen LogP contribution in [-0.2, 0) is 12.8 Å². The summed E-state index contributed by atoms with van der Waals surface area (Å²) in [6.07, 6.45) is 9.08. The molecule has 6 aromatic carbocycles. The number of hydrogen-bond donors (Lipinski definition) is 0. The fourth-order valence-electron chi connectivity index (χ4n) is 6.73. The number of rotatable bonds is 5. The summed E-state index contributed by atoms with van der Waals surface area (Å²) in [5.74, 6) is 0. The van der Waals surface area contributed by atoms with E-state index in [4.69, 9.17) is 0 Å². The summed E-state index contributed by atoms with van der Waals surface area (Å²) in [4.78, 5) is 2.38. The Morgan fingerprint density at radius 3 is 1.40 bits per heavy atom. The molecule has 2 aliphatic carbocycles. The largest absolute Gasteiger partial charge is 0.310 e. The highest BCUT2D eigenvalue weighted by Crippen LogP contribution is 2.39. The Morgan fingerprint density at radius 2 is 0.837 bits per heavy atom. The number of anilines is 3. The molecule has 0 saturated heterocycles. The third kappa shape index (κ3) is 4.98. The van der Waals surface area contributed by atoms with E-state index in [1.165, 1.54) is 55.3 Å². The predicted molar refractivity (Wildman–Crippen MR) is 184 cm³/mol. The topological polar surface area (TPSA) is 3.24 Å². The molecule has 0 amide bonds. The van der Waals surface area contributed by atoms with Gasteiger partial charge in [-0.15, -0.1) is 0 Å². The van der Waals surface area contributed by atoms with E-state index in [-0.39, 0.29) is 0 Å². The molecule has 0 aliphatic heterocycles. The van der Waals surface area contributed by atoms with E-state index < -0.39 is 0 Å². The van der Waals surface area contributed by atoms with Gasteiger partial charge in [-0.1, -0.05) is 115 Å². The third-order valence-electron chi connectivity index (χ3n) is 9.08. The average Bonchev–Trinajstić information content (AvgIpc) is 3.08. The van der Waals surface area contributed by atoms with Gasteiger partial charge in [0.05, 0.1) is 0 Å². The Bertz CT molecular complexity index is 1900. The minimum atomic E-state index is 1.08. The van der Waals surface area contributed by atoms with Crippen LogP contribution in [0, 0.1) is 0 Å². The van der Waals surface area contributed by atoms with E-state index in [0.29, 0.717) is 0 Å². The number of fused-ring (bicyclic) bond motifs is 3. The van der Waals surface area contributed by atoms with Crippen molar-refractivity contribution in [1.82, 2.24) is 0 Å². The Hall–Kier alpha value is -5.14. The van der Waals surface area contributed by atoms with E-state index in [1.807, 2.05) is 0 Å². The van der Waals surface area contributed by atoms with Crippen LogP contribution in [0.15, 0.2) is 140 Å². The number of hydrogen-bond acceptors (Lipinski definition) is 1. The normalized spacial score (nSPS) is 14.0. The summed E-state index contributed by atoms with van der Waals surface area (Å²) < 4.78 is 0. The first-order chi connectivity index (χ1) is 21.3. The van der Waals surface area contributed by atoms with Crippen LogP contribution in [0.1, 0.15) is 46.2 Å². The van der Waals surface area contributed by atoms with Crippen molar-refractivity contribution in [3.05, 3.63) is 173 Å². The fraction of sp³-hybridized carbons (Fsp3) is 0.0952. The number of allylic oxidation sites excluding steroid dienone is 2. The van der Waals surface area contributed by atoms with Gasteiger partial charge in [-0.2, -0.15) is 0 Å². The van der Waals surface area contributed by atoms with Crippen LogP contribution in [0.3, 0.4) is 0 Å². The first kappa shape index (κ1) is 25.6. The van der Waals surface area contributed by atoms with Crippen molar-refractivity contribution in [2.45, 2.75) is 25.7 Å². The standard InChI is InChI=1S/C42H33N/c1-4-10-35-27-38(15-13-30(35)7-1)33-17-22-40(23-18-33)43(42-26-21-32-9-3-6-12-37(32)29-42)41-24-19-34(20-25-41)39-16-14-31-8-2-5-11-36(31)28-39/h1-12,17-29H,13-16H2. The second kappa shape index (κ2) is 10.9. The lowest BCUT2D eigenvalue weighted by molar-refractivity contribution is 1.00. The molecule has 2 aliphatic rings. The lowest BCUT2D eigenvalue weighted by Gasteiger charge is -2.27. The molecular weight excluding hydrogens is 518 g/mol. The van der Waals surface area contributed by atoms with Gasteiger partial charge in [0.2, 0.25) is 0 Å². The van der Waals surface area contributed by atoms with Crippen molar-refractivity contribution in [2.75, 3.05) is 4.90 Å². The van der Waals surface area contributed by atoms with Crippen molar-refractivity contribution < 1.29 is 0 Å². The summed E-state index contributed by atoms with van der Waals surface area (Å²) in [5, 5.41) is 2.50.